The molecule has 1 aromatic heterocycles. The smallest absolute Gasteiger partial charge is 0.155 e. The second-order valence-electron chi connectivity index (χ2n) is 8.10. The molecule has 1 saturated heterocycles. The van der Waals surface area contributed by atoms with Crippen molar-refractivity contribution in [3.05, 3.63) is 83.0 Å². The highest BCUT2D eigenvalue weighted by Crippen LogP contribution is 2.31. The molecule has 3 heterocycles. The highest BCUT2D eigenvalue weighted by atomic mass is 35.5. The molecule has 1 fully saturated rings. The maximum Gasteiger partial charge on any atom is 0.155 e. The third-order valence-corrected chi connectivity index (χ3v) is 6.17. The SMILES string of the molecule is Clc1ccc(N2CCN(Cc3cnc4c(c3)N=CCN4Cc3ccccc3)CC2)cc1. The lowest BCUT2D eigenvalue weighted by Crippen LogP contribution is -2.46. The van der Waals surface area contributed by atoms with Gasteiger partial charge in [-0.2, -0.15) is 0 Å². The zero-order chi connectivity index (χ0) is 21.0. The predicted octanol–water partition coefficient (Wildman–Crippen LogP) is 4.78. The number of pyridine rings is 1. The molecule has 0 radical (unpaired) electrons. The van der Waals surface area contributed by atoms with Crippen LogP contribution >= 0.6 is 11.6 Å². The van der Waals surface area contributed by atoms with Gasteiger partial charge in [-0.3, -0.25) is 9.89 Å². The fourth-order valence-electron chi connectivity index (χ4n) is 4.25. The van der Waals surface area contributed by atoms with Crippen molar-refractivity contribution in [3.63, 3.8) is 0 Å². The van der Waals surface area contributed by atoms with Gasteiger partial charge in [0.25, 0.3) is 0 Å². The minimum Gasteiger partial charge on any atom is -0.369 e. The first-order chi connectivity index (χ1) is 15.2. The van der Waals surface area contributed by atoms with Gasteiger partial charge in [-0.25, -0.2) is 4.98 Å². The van der Waals surface area contributed by atoms with Crippen LogP contribution in [0.5, 0.6) is 0 Å². The first-order valence-corrected chi connectivity index (χ1v) is 11.2. The van der Waals surface area contributed by atoms with E-state index in [0.717, 1.165) is 62.3 Å². The fraction of sp³-hybridized carbons (Fsp3) is 0.280. The van der Waals surface area contributed by atoms with E-state index in [-0.39, 0.29) is 0 Å². The highest BCUT2D eigenvalue weighted by molar-refractivity contribution is 6.30. The third kappa shape index (κ3) is 4.73. The molecule has 5 nitrogen and oxygen atoms in total. The summed E-state index contributed by atoms with van der Waals surface area (Å²) in [5, 5.41) is 0.785. The number of nitrogens with zero attached hydrogens (tertiary/aromatic N) is 5. The number of hydrogen-bond donors (Lipinski definition) is 0. The van der Waals surface area contributed by atoms with Crippen molar-refractivity contribution in [2.45, 2.75) is 13.1 Å². The molecule has 0 bridgehead atoms. The first-order valence-electron chi connectivity index (χ1n) is 10.8. The van der Waals surface area contributed by atoms with Gasteiger partial charge in [0.2, 0.25) is 0 Å². The Bertz CT molecular complexity index is 1040. The van der Waals surface area contributed by atoms with Gasteiger partial charge in [0, 0.05) is 62.4 Å². The summed E-state index contributed by atoms with van der Waals surface area (Å²) in [6, 6.07) is 20.8. The molecule has 0 saturated carbocycles. The zero-order valence-electron chi connectivity index (χ0n) is 17.5. The Morgan fingerprint density at radius 3 is 2.39 bits per heavy atom. The average Bonchev–Trinajstić information content (AvgIpc) is 2.81. The van der Waals surface area contributed by atoms with Gasteiger partial charge < -0.3 is 9.80 Å². The van der Waals surface area contributed by atoms with Crippen molar-refractivity contribution in [2.75, 3.05) is 42.5 Å². The topological polar surface area (TPSA) is 35.0 Å². The Kier molecular flexibility index (Phi) is 5.87. The second-order valence-corrected chi connectivity index (χ2v) is 8.54. The minimum atomic E-state index is 0.785. The van der Waals surface area contributed by atoms with E-state index in [1.54, 1.807) is 0 Å². The highest BCUT2D eigenvalue weighted by Gasteiger charge is 2.20. The fourth-order valence-corrected chi connectivity index (χ4v) is 4.38. The Hall–Kier alpha value is -2.89. The lowest BCUT2D eigenvalue weighted by atomic mass is 10.1. The number of benzene rings is 2. The van der Waals surface area contributed by atoms with Crippen LogP contribution in [0.15, 0.2) is 71.9 Å². The zero-order valence-corrected chi connectivity index (χ0v) is 18.2. The van der Waals surface area contributed by atoms with Crippen molar-refractivity contribution in [3.8, 4) is 0 Å². The summed E-state index contributed by atoms with van der Waals surface area (Å²) in [7, 11) is 0. The molecule has 0 spiro atoms. The lowest BCUT2D eigenvalue weighted by molar-refractivity contribution is 0.249. The number of piperazine rings is 1. The Balaban J connectivity index is 1.21. The molecule has 5 rings (SSSR count). The standard InChI is InChI=1S/C25H26ClN5/c26-22-6-8-23(9-7-22)30-14-12-29(13-15-30)18-21-16-24-25(28-17-21)31(11-10-27-24)19-20-4-2-1-3-5-20/h1-10,16-17H,11-15,18-19H2. The minimum absolute atomic E-state index is 0.785. The Morgan fingerprint density at radius 1 is 0.839 bits per heavy atom. The van der Waals surface area contributed by atoms with Crippen molar-refractivity contribution < 1.29 is 0 Å². The number of rotatable bonds is 5. The van der Waals surface area contributed by atoms with E-state index >= 15 is 0 Å². The number of hydrogen-bond acceptors (Lipinski definition) is 5. The van der Waals surface area contributed by atoms with Crippen LogP contribution in [0.25, 0.3) is 0 Å². The second kappa shape index (κ2) is 9.08. The Labute approximate surface area is 188 Å². The molecular weight excluding hydrogens is 406 g/mol. The predicted molar refractivity (Wildman–Crippen MR) is 129 cm³/mol. The summed E-state index contributed by atoms with van der Waals surface area (Å²) in [6.45, 7) is 6.64. The van der Waals surface area contributed by atoms with Crippen molar-refractivity contribution in [2.24, 2.45) is 4.99 Å². The normalized spacial score (nSPS) is 16.4. The van der Waals surface area contributed by atoms with Crippen LogP contribution < -0.4 is 9.80 Å². The van der Waals surface area contributed by atoms with Crippen molar-refractivity contribution in [1.82, 2.24) is 9.88 Å². The van der Waals surface area contributed by atoms with Gasteiger partial charge in [0.05, 0.1) is 6.54 Å². The number of halogens is 1. The van der Waals surface area contributed by atoms with E-state index in [1.165, 1.54) is 16.8 Å². The molecule has 2 aliphatic rings. The molecular formula is C25H26ClN5. The molecule has 2 aromatic carbocycles. The van der Waals surface area contributed by atoms with Crippen LogP contribution in [0.1, 0.15) is 11.1 Å². The molecule has 2 aliphatic heterocycles. The molecule has 3 aromatic rings. The number of aliphatic imine (C=N–C) groups is 1. The number of anilines is 2. The summed E-state index contributed by atoms with van der Waals surface area (Å²) < 4.78 is 0. The van der Waals surface area contributed by atoms with E-state index in [4.69, 9.17) is 16.6 Å². The molecule has 0 amide bonds. The molecule has 31 heavy (non-hydrogen) atoms. The summed E-state index contributed by atoms with van der Waals surface area (Å²) in [5.41, 5.74) is 4.72. The quantitative estimate of drug-likeness (QED) is 0.582. The van der Waals surface area contributed by atoms with Crippen LogP contribution in [0.3, 0.4) is 0 Å². The first kappa shape index (κ1) is 20.0. The van der Waals surface area contributed by atoms with Crippen LogP contribution in [-0.4, -0.2) is 48.8 Å². The van der Waals surface area contributed by atoms with Gasteiger partial charge >= 0.3 is 0 Å². The summed E-state index contributed by atoms with van der Waals surface area (Å²) >= 11 is 6.02. The maximum absolute atomic E-state index is 6.02. The Morgan fingerprint density at radius 2 is 1.61 bits per heavy atom. The van der Waals surface area contributed by atoms with Crippen LogP contribution in [-0.2, 0) is 13.1 Å². The van der Waals surface area contributed by atoms with Crippen LogP contribution in [0.2, 0.25) is 5.02 Å². The van der Waals surface area contributed by atoms with E-state index < -0.39 is 0 Å². The monoisotopic (exact) mass is 431 g/mol. The molecule has 0 aliphatic carbocycles. The average molecular weight is 432 g/mol. The third-order valence-electron chi connectivity index (χ3n) is 5.92. The van der Waals surface area contributed by atoms with Gasteiger partial charge in [-0.05, 0) is 41.5 Å². The van der Waals surface area contributed by atoms with Crippen molar-refractivity contribution >= 4 is 35.0 Å². The summed E-state index contributed by atoms with van der Waals surface area (Å²) in [4.78, 5) is 16.6. The van der Waals surface area contributed by atoms with Crippen LogP contribution in [0, 0.1) is 0 Å². The molecule has 0 N–H and O–H groups in total. The van der Waals surface area contributed by atoms with Gasteiger partial charge in [-0.15, -0.1) is 0 Å². The van der Waals surface area contributed by atoms with Gasteiger partial charge in [0.15, 0.2) is 5.82 Å². The molecule has 158 valence electrons. The van der Waals surface area contributed by atoms with Crippen molar-refractivity contribution in [1.29, 1.82) is 0 Å². The van der Waals surface area contributed by atoms with E-state index in [9.17, 15) is 0 Å². The molecule has 0 unspecified atom stereocenters. The van der Waals surface area contributed by atoms with E-state index in [0.29, 0.717) is 0 Å². The van der Waals surface area contributed by atoms with E-state index in [2.05, 4.69) is 68.2 Å². The maximum atomic E-state index is 6.02. The summed E-state index contributed by atoms with van der Waals surface area (Å²) in [6.07, 6.45) is 4.00. The lowest BCUT2D eigenvalue weighted by Gasteiger charge is -2.36. The van der Waals surface area contributed by atoms with Gasteiger partial charge in [-0.1, -0.05) is 41.9 Å². The van der Waals surface area contributed by atoms with E-state index in [1.807, 2.05) is 24.5 Å². The molecule has 0 atom stereocenters. The number of aromatic nitrogens is 1. The molecule has 6 heteroatoms. The van der Waals surface area contributed by atoms with Gasteiger partial charge in [0.1, 0.15) is 5.69 Å². The largest absolute Gasteiger partial charge is 0.369 e. The number of fused-ring (bicyclic) bond motifs is 1. The van der Waals surface area contributed by atoms with Crippen LogP contribution in [0.4, 0.5) is 17.2 Å². The summed E-state index contributed by atoms with van der Waals surface area (Å²) in [5.74, 6) is 0.975.